The second-order valence-electron chi connectivity index (χ2n) is 5.52. The quantitative estimate of drug-likeness (QED) is 0.553. The molecule has 0 atom stereocenters. The van der Waals surface area contributed by atoms with Crippen LogP contribution in [0.3, 0.4) is 0 Å². The minimum Gasteiger partial charge on any atom is -0.370 e. The SMILES string of the molecule is Cc1cc(CN=C(N)NCC2CCC2)ccc1S(N)(=O)=O. The lowest BCUT2D eigenvalue weighted by atomic mass is 9.85. The molecule has 0 radical (unpaired) electrons. The van der Waals surface area contributed by atoms with Gasteiger partial charge in [-0.3, -0.25) is 0 Å². The van der Waals surface area contributed by atoms with Crippen LogP contribution in [0.1, 0.15) is 30.4 Å². The third-order valence-electron chi connectivity index (χ3n) is 3.77. The monoisotopic (exact) mass is 310 g/mol. The van der Waals surface area contributed by atoms with Gasteiger partial charge < -0.3 is 11.1 Å². The molecule has 1 aromatic carbocycles. The first kappa shape index (κ1) is 15.8. The van der Waals surface area contributed by atoms with Crippen molar-refractivity contribution < 1.29 is 8.42 Å². The Morgan fingerprint density at radius 1 is 1.43 bits per heavy atom. The van der Waals surface area contributed by atoms with Crippen LogP contribution in [0.15, 0.2) is 28.1 Å². The van der Waals surface area contributed by atoms with Gasteiger partial charge >= 0.3 is 0 Å². The molecule has 116 valence electrons. The molecular formula is C14H22N4O2S. The zero-order valence-corrected chi connectivity index (χ0v) is 13.0. The van der Waals surface area contributed by atoms with Crippen molar-refractivity contribution in [2.45, 2.75) is 37.6 Å². The third kappa shape index (κ3) is 4.44. The number of nitrogens with two attached hydrogens (primary N) is 2. The Morgan fingerprint density at radius 2 is 2.14 bits per heavy atom. The molecule has 1 aromatic rings. The molecular weight excluding hydrogens is 288 g/mol. The van der Waals surface area contributed by atoms with E-state index < -0.39 is 10.0 Å². The zero-order valence-electron chi connectivity index (χ0n) is 12.2. The first-order valence-electron chi connectivity index (χ1n) is 7.02. The topological polar surface area (TPSA) is 111 Å². The molecule has 0 bridgehead atoms. The van der Waals surface area contributed by atoms with Crippen molar-refractivity contribution in [3.05, 3.63) is 29.3 Å². The number of benzene rings is 1. The fourth-order valence-corrected chi connectivity index (χ4v) is 3.07. The first-order valence-corrected chi connectivity index (χ1v) is 8.57. The Labute approximate surface area is 125 Å². The minimum absolute atomic E-state index is 0.145. The van der Waals surface area contributed by atoms with E-state index in [0.717, 1.165) is 18.0 Å². The Hall–Kier alpha value is -1.60. The van der Waals surface area contributed by atoms with Gasteiger partial charge in [-0.2, -0.15) is 0 Å². The lowest BCUT2D eigenvalue weighted by Crippen LogP contribution is -2.37. The van der Waals surface area contributed by atoms with Crippen molar-refractivity contribution in [3.63, 3.8) is 0 Å². The Kier molecular flexibility index (Phi) is 4.84. The fraction of sp³-hybridized carbons (Fsp3) is 0.500. The van der Waals surface area contributed by atoms with Gasteiger partial charge in [0.2, 0.25) is 10.0 Å². The van der Waals surface area contributed by atoms with Crippen molar-refractivity contribution in [1.82, 2.24) is 5.32 Å². The van der Waals surface area contributed by atoms with Gasteiger partial charge in [-0.1, -0.05) is 18.6 Å². The molecule has 0 unspecified atom stereocenters. The average Bonchev–Trinajstić information content (AvgIpc) is 2.33. The van der Waals surface area contributed by atoms with Crippen LogP contribution >= 0.6 is 0 Å². The summed E-state index contributed by atoms with van der Waals surface area (Å²) in [6.07, 6.45) is 3.82. The lowest BCUT2D eigenvalue weighted by molar-refractivity contribution is 0.315. The van der Waals surface area contributed by atoms with Crippen molar-refractivity contribution >= 4 is 16.0 Å². The van der Waals surface area contributed by atoms with E-state index in [1.165, 1.54) is 25.3 Å². The molecule has 21 heavy (non-hydrogen) atoms. The van der Waals surface area contributed by atoms with E-state index in [4.69, 9.17) is 10.9 Å². The maximum Gasteiger partial charge on any atom is 0.238 e. The molecule has 0 aromatic heterocycles. The Bertz CT molecular complexity index is 636. The summed E-state index contributed by atoms with van der Waals surface area (Å²) in [5.74, 6) is 1.14. The van der Waals surface area contributed by atoms with E-state index >= 15 is 0 Å². The summed E-state index contributed by atoms with van der Waals surface area (Å²) in [6.45, 7) is 3.00. The minimum atomic E-state index is -3.67. The lowest BCUT2D eigenvalue weighted by Gasteiger charge is -2.25. The summed E-state index contributed by atoms with van der Waals surface area (Å²) >= 11 is 0. The van der Waals surface area contributed by atoms with Crippen molar-refractivity contribution in [1.29, 1.82) is 0 Å². The molecule has 6 nitrogen and oxygen atoms in total. The molecule has 0 saturated heterocycles. The Balaban J connectivity index is 1.94. The molecule has 1 aliphatic carbocycles. The molecule has 5 N–H and O–H groups in total. The number of aliphatic imine (C=N–C) groups is 1. The Morgan fingerprint density at radius 3 is 2.67 bits per heavy atom. The number of nitrogens with one attached hydrogen (secondary N) is 1. The van der Waals surface area contributed by atoms with E-state index in [0.29, 0.717) is 18.1 Å². The van der Waals surface area contributed by atoms with Crippen LogP contribution < -0.4 is 16.2 Å². The van der Waals surface area contributed by atoms with Crippen LogP contribution in [0, 0.1) is 12.8 Å². The number of sulfonamides is 1. The van der Waals surface area contributed by atoms with E-state index in [1.54, 1.807) is 19.1 Å². The van der Waals surface area contributed by atoms with Crippen LogP contribution in [-0.4, -0.2) is 20.9 Å². The number of guanidine groups is 1. The highest BCUT2D eigenvalue weighted by atomic mass is 32.2. The predicted molar refractivity (Wildman–Crippen MR) is 83.2 cm³/mol. The van der Waals surface area contributed by atoms with Gasteiger partial charge in [0.25, 0.3) is 0 Å². The van der Waals surface area contributed by atoms with Crippen LogP contribution in [-0.2, 0) is 16.6 Å². The normalized spacial score (nSPS) is 16.6. The van der Waals surface area contributed by atoms with Crippen molar-refractivity contribution in [3.8, 4) is 0 Å². The highest BCUT2D eigenvalue weighted by molar-refractivity contribution is 7.89. The highest BCUT2D eigenvalue weighted by Gasteiger charge is 2.16. The predicted octanol–water partition coefficient (Wildman–Crippen LogP) is 0.847. The van der Waals surface area contributed by atoms with E-state index in [2.05, 4.69) is 10.3 Å². The fourth-order valence-electron chi connectivity index (χ4n) is 2.31. The van der Waals surface area contributed by atoms with Gasteiger partial charge in [-0.15, -0.1) is 0 Å². The largest absolute Gasteiger partial charge is 0.370 e. The maximum atomic E-state index is 11.3. The standard InChI is InChI=1S/C14H22N4O2S/c1-10-7-12(5-6-13(10)21(16,19)20)9-18-14(15)17-8-11-3-2-4-11/h5-7,11H,2-4,8-9H2,1H3,(H3,15,17,18)(H2,16,19,20). The van der Waals surface area contributed by atoms with Gasteiger partial charge in [0.1, 0.15) is 0 Å². The molecule has 1 aliphatic rings. The maximum absolute atomic E-state index is 11.3. The number of hydrogen-bond donors (Lipinski definition) is 3. The third-order valence-corrected chi connectivity index (χ3v) is 4.85. The molecule has 1 fully saturated rings. The smallest absolute Gasteiger partial charge is 0.238 e. The summed E-state index contributed by atoms with van der Waals surface area (Å²) in [4.78, 5) is 4.41. The second kappa shape index (κ2) is 6.44. The van der Waals surface area contributed by atoms with Gasteiger partial charge in [0, 0.05) is 6.54 Å². The number of aryl methyl sites for hydroxylation is 1. The number of rotatable bonds is 5. The van der Waals surface area contributed by atoms with Crippen molar-refractivity contribution in [2.24, 2.45) is 21.8 Å². The highest BCUT2D eigenvalue weighted by Crippen LogP contribution is 2.25. The summed E-state index contributed by atoms with van der Waals surface area (Å²) in [6, 6.07) is 4.98. The van der Waals surface area contributed by atoms with Crippen molar-refractivity contribution in [2.75, 3.05) is 6.54 Å². The first-order chi connectivity index (χ1) is 9.86. The van der Waals surface area contributed by atoms with Gasteiger partial charge in [-0.25, -0.2) is 18.5 Å². The summed E-state index contributed by atoms with van der Waals surface area (Å²) in [7, 11) is -3.67. The molecule has 0 heterocycles. The summed E-state index contributed by atoms with van der Waals surface area (Å²) in [5.41, 5.74) is 7.32. The van der Waals surface area contributed by atoms with Crippen LogP contribution in [0.2, 0.25) is 0 Å². The van der Waals surface area contributed by atoms with Gasteiger partial charge in [-0.05, 0) is 42.9 Å². The summed E-state index contributed by atoms with van der Waals surface area (Å²) < 4.78 is 22.7. The number of hydrogen-bond acceptors (Lipinski definition) is 3. The summed E-state index contributed by atoms with van der Waals surface area (Å²) in [5, 5.41) is 8.25. The zero-order chi connectivity index (χ0) is 15.5. The molecule has 0 spiro atoms. The van der Waals surface area contributed by atoms with Gasteiger partial charge in [0.05, 0.1) is 11.4 Å². The average molecular weight is 310 g/mol. The number of primary sulfonamides is 1. The van der Waals surface area contributed by atoms with Gasteiger partial charge in [0.15, 0.2) is 5.96 Å². The molecule has 1 saturated carbocycles. The molecule has 0 amide bonds. The van der Waals surface area contributed by atoms with Crippen LogP contribution in [0.4, 0.5) is 0 Å². The molecule has 0 aliphatic heterocycles. The van der Waals surface area contributed by atoms with E-state index in [1.807, 2.05) is 0 Å². The number of nitrogens with zero attached hydrogens (tertiary/aromatic N) is 1. The molecule has 2 rings (SSSR count). The van der Waals surface area contributed by atoms with E-state index in [-0.39, 0.29) is 4.90 Å². The van der Waals surface area contributed by atoms with Crippen LogP contribution in [0.25, 0.3) is 0 Å². The van der Waals surface area contributed by atoms with E-state index in [9.17, 15) is 8.42 Å². The van der Waals surface area contributed by atoms with Crippen LogP contribution in [0.5, 0.6) is 0 Å². The second-order valence-corrected chi connectivity index (χ2v) is 7.05. The molecule has 7 heteroatoms.